The summed E-state index contributed by atoms with van der Waals surface area (Å²) >= 11 is 5.57. The maximum atomic E-state index is 11.8. The van der Waals surface area contributed by atoms with Gasteiger partial charge in [-0.3, -0.25) is 9.59 Å². The molecule has 1 aliphatic rings. The van der Waals surface area contributed by atoms with Gasteiger partial charge in [0.25, 0.3) is 5.91 Å². The summed E-state index contributed by atoms with van der Waals surface area (Å²) in [6.45, 7) is 0. The van der Waals surface area contributed by atoms with Crippen molar-refractivity contribution in [3.8, 4) is 0 Å². The largest absolute Gasteiger partial charge is 0.481 e. The first kappa shape index (κ1) is 12.8. The first-order valence-corrected chi connectivity index (χ1v) is 5.94. The zero-order chi connectivity index (χ0) is 13.1. The summed E-state index contributed by atoms with van der Waals surface area (Å²) in [6, 6.07) is -0.340. The van der Waals surface area contributed by atoms with Crippen molar-refractivity contribution in [1.29, 1.82) is 0 Å². The van der Waals surface area contributed by atoms with Crippen LogP contribution in [0.25, 0.3) is 0 Å². The number of carboxylic acid groups (broad SMARTS) is 1. The first-order chi connectivity index (χ1) is 8.56. The van der Waals surface area contributed by atoms with Crippen LogP contribution in [0, 0.1) is 5.92 Å². The summed E-state index contributed by atoms with van der Waals surface area (Å²) in [7, 11) is 0. The van der Waals surface area contributed by atoms with Gasteiger partial charge in [0.2, 0.25) is 0 Å². The Morgan fingerprint density at radius 3 is 2.67 bits per heavy atom. The molecule has 1 aromatic heterocycles. The van der Waals surface area contributed by atoms with Crippen molar-refractivity contribution in [2.45, 2.75) is 25.3 Å². The standard InChI is InChI=1S/C11H12ClN3O3/c12-9-5-13-8(4-14-9)11(18)15-7(3-10(16)17)6-1-2-6/h4-7H,1-3H2,(H,15,18)(H,16,17). The van der Waals surface area contributed by atoms with Gasteiger partial charge in [-0.15, -0.1) is 0 Å². The quantitative estimate of drug-likeness (QED) is 0.835. The summed E-state index contributed by atoms with van der Waals surface area (Å²) in [6.07, 6.45) is 4.37. The van der Waals surface area contributed by atoms with Gasteiger partial charge >= 0.3 is 5.97 Å². The molecule has 1 fully saturated rings. The second kappa shape index (κ2) is 5.30. The summed E-state index contributed by atoms with van der Waals surface area (Å²) in [5.74, 6) is -1.09. The van der Waals surface area contributed by atoms with Gasteiger partial charge in [0.05, 0.1) is 18.8 Å². The molecule has 96 valence electrons. The molecule has 18 heavy (non-hydrogen) atoms. The number of nitrogens with one attached hydrogen (secondary N) is 1. The normalized spacial score (nSPS) is 16.1. The lowest BCUT2D eigenvalue weighted by atomic mass is 10.1. The molecule has 1 atom stereocenters. The third-order valence-electron chi connectivity index (χ3n) is 2.76. The number of aromatic nitrogens is 2. The highest BCUT2D eigenvalue weighted by Crippen LogP contribution is 2.34. The van der Waals surface area contributed by atoms with Crippen LogP contribution in [0.4, 0.5) is 0 Å². The highest BCUT2D eigenvalue weighted by atomic mass is 35.5. The van der Waals surface area contributed by atoms with Crippen LogP contribution in [0.2, 0.25) is 5.15 Å². The van der Waals surface area contributed by atoms with Gasteiger partial charge in [0.15, 0.2) is 0 Å². The second-order valence-corrected chi connectivity index (χ2v) is 4.63. The summed E-state index contributed by atoms with van der Waals surface area (Å²) in [4.78, 5) is 30.1. The van der Waals surface area contributed by atoms with Crippen molar-refractivity contribution in [2.75, 3.05) is 0 Å². The van der Waals surface area contributed by atoms with Crippen LogP contribution in [0.3, 0.4) is 0 Å². The molecule has 6 nitrogen and oxygen atoms in total. The van der Waals surface area contributed by atoms with E-state index in [1.165, 1.54) is 12.4 Å². The number of aliphatic carboxylic acids is 1. The zero-order valence-electron chi connectivity index (χ0n) is 9.47. The van der Waals surface area contributed by atoms with Crippen molar-refractivity contribution in [2.24, 2.45) is 5.92 Å². The SMILES string of the molecule is O=C(O)CC(NC(=O)c1cnc(Cl)cn1)C1CC1. The molecule has 0 saturated heterocycles. The van der Waals surface area contributed by atoms with E-state index in [4.69, 9.17) is 16.7 Å². The summed E-state index contributed by atoms with van der Waals surface area (Å²) < 4.78 is 0. The topological polar surface area (TPSA) is 92.2 Å². The van der Waals surface area contributed by atoms with Crippen molar-refractivity contribution < 1.29 is 14.7 Å². The molecular formula is C11H12ClN3O3. The molecule has 1 unspecified atom stereocenters. The molecule has 0 aromatic carbocycles. The summed E-state index contributed by atoms with van der Waals surface area (Å²) in [5, 5.41) is 11.7. The first-order valence-electron chi connectivity index (χ1n) is 5.56. The lowest BCUT2D eigenvalue weighted by Gasteiger charge is -2.15. The van der Waals surface area contributed by atoms with Crippen molar-refractivity contribution >= 4 is 23.5 Å². The van der Waals surface area contributed by atoms with Crippen LogP contribution in [0.1, 0.15) is 29.8 Å². The third-order valence-corrected chi connectivity index (χ3v) is 2.95. The number of halogens is 1. The van der Waals surface area contributed by atoms with E-state index in [0.29, 0.717) is 0 Å². The minimum absolute atomic E-state index is 0.0720. The van der Waals surface area contributed by atoms with E-state index in [1.54, 1.807) is 0 Å². The Hall–Kier alpha value is -1.69. The Kier molecular flexibility index (Phi) is 3.76. The van der Waals surface area contributed by atoms with E-state index in [1.807, 2.05) is 0 Å². The van der Waals surface area contributed by atoms with Crippen molar-refractivity contribution in [3.05, 3.63) is 23.2 Å². The van der Waals surface area contributed by atoms with E-state index >= 15 is 0 Å². The highest BCUT2D eigenvalue weighted by Gasteiger charge is 2.34. The van der Waals surface area contributed by atoms with Crippen LogP contribution in [-0.2, 0) is 4.79 Å². The van der Waals surface area contributed by atoms with E-state index in [-0.39, 0.29) is 29.2 Å². The van der Waals surface area contributed by atoms with Gasteiger partial charge in [0.1, 0.15) is 10.8 Å². The van der Waals surface area contributed by atoms with E-state index < -0.39 is 11.9 Å². The molecule has 0 radical (unpaired) electrons. The molecule has 1 amide bonds. The fraction of sp³-hybridized carbons (Fsp3) is 0.455. The Morgan fingerprint density at radius 2 is 2.17 bits per heavy atom. The van der Waals surface area contributed by atoms with E-state index in [9.17, 15) is 9.59 Å². The number of carboxylic acids is 1. The van der Waals surface area contributed by atoms with Crippen LogP contribution in [0.15, 0.2) is 12.4 Å². The van der Waals surface area contributed by atoms with Gasteiger partial charge < -0.3 is 10.4 Å². The molecular weight excluding hydrogens is 258 g/mol. The highest BCUT2D eigenvalue weighted by molar-refractivity contribution is 6.29. The predicted molar refractivity (Wildman–Crippen MR) is 63.3 cm³/mol. The number of hydrogen-bond donors (Lipinski definition) is 2. The van der Waals surface area contributed by atoms with Crippen LogP contribution in [0.5, 0.6) is 0 Å². The van der Waals surface area contributed by atoms with Crippen LogP contribution in [-0.4, -0.2) is 33.0 Å². The van der Waals surface area contributed by atoms with Gasteiger partial charge in [-0.25, -0.2) is 9.97 Å². The molecule has 2 N–H and O–H groups in total. The van der Waals surface area contributed by atoms with E-state index in [2.05, 4.69) is 15.3 Å². The molecule has 2 rings (SSSR count). The number of hydrogen-bond acceptors (Lipinski definition) is 4. The minimum atomic E-state index is -0.922. The Labute approximate surface area is 108 Å². The van der Waals surface area contributed by atoms with Crippen molar-refractivity contribution in [1.82, 2.24) is 15.3 Å². The van der Waals surface area contributed by atoms with Crippen molar-refractivity contribution in [3.63, 3.8) is 0 Å². The molecule has 0 aliphatic heterocycles. The molecule has 1 aromatic rings. The molecule has 0 bridgehead atoms. The second-order valence-electron chi connectivity index (χ2n) is 4.24. The Bertz CT molecular complexity index is 459. The maximum absolute atomic E-state index is 11.8. The number of carbonyl (C=O) groups is 2. The lowest BCUT2D eigenvalue weighted by molar-refractivity contribution is -0.137. The van der Waals surface area contributed by atoms with Gasteiger partial charge in [0, 0.05) is 6.04 Å². The lowest BCUT2D eigenvalue weighted by Crippen LogP contribution is -2.38. The summed E-state index contributed by atoms with van der Waals surface area (Å²) in [5.41, 5.74) is 0.135. The van der Waals surface area contributed by atoms with E-state index in [0.717, 1.165) is 12.8 Å². The fourth-order valence-electron chi connectivity index (χ4n) is 1.69. The van der Waals surface area contributed by atoms with Gasteiger partial charge in [-0.05, 0) is 18.8 Å². The van der Waals surface area contributed by atoms with Crippen LogP contribution < -0.4 is 5.32 Å². The smallest absolute Gasteiger partial charge is 0.305 e. The molecule has 1 aliphatic carbocycles. The number of nitrogens with zero attached hydrogens (tertiary/aromatic N) is 2. The molecule has 0 spiro atoms. The van der Waals surface area contributed by atoms with Gasteiger partial charge in [-0.1, -0.05) is 11.6 Å². The number of rotatable bonds is 5. The van der Waals surface area contributed by atoms with Gasteiger partial charge in [-0.2, -0.15) is 0 Å². The predicted octanol–water partition coefficient (Wildman–Crippen LogP) is 1.11. The number of carbonyl (C=O) groups excluding carboxylic acids is 1. The fourth-order valence-corrected chi connectivity index (χ4v) is 1.79. The van der Waals surface area contributed by atoms with Crippen LogP contribution >= 0.6 is 11.6 Å². The molecule has 7 heteroatoms. The molecule has 1 saturated carbocycles. The average Bonchev–Trinajstić information content (AvgIpc) is 3.12. The Morgan fingerprint density at radius 1 is 1.44 bits per heavy atom. The number of amides is 1. The third kappa shape index (κ3) is 3.40. The Balaban J connectivity index is 2.00. The zero-order valence-corrected chi connectivity index (χ0v) is 10.2. The monoisotopic (exact) mass is 269 g/mol. The minimum Gasteiger partial charge on any atom is -0.481 e. The average molecular weight is 270 g/mol. The molecule has 1 heterocycles. The maximum Gasteiger partial charge on any atom is 0.305 e.